The minimum Gasteiger partial charge on any atom is -0.477 e. The van der Waals surface area contributed by atoms with E-state index in [9.17, 15) is 19.1 Å². The summed E-state index contributed by atoms with van der Waals surface area (Å²) in [5, 5.41) is 13.2. The predicted molar refractivity (Wildman–Crippen MR) is 157 cm³/mol. The Morgan fingerprint density at radius 1 is 1.14 bits per heavy atom. The van der Waals surface area contributed by atoms with Crippen molar-refractivity contribution < 1.29 is 18.7 Å². The maximum atomic E-state index is 15.7. The molecule has 42 heavy (non-hydrogen) atoms. The molecule has 0 saturated carbocycles. The number of piperidine rings is 1. The lowest BCUT2D eigenvalue weighted by atomic mass is 9.93. The van der Waals surface area contributed by atoms with E-state index in [4.69, 9.17) is 0 Å². The quantitative estimate of drug-likeness (QED) is 0.293. The lowest BCUT2D eigenvalue weighted by Gasteiger charge is -2.33. The number of nitrogens with one attached hydrogen (secondary N) is 2. The van der Waals surface area contributed by atoms with Gasteiger partial charge < -0.3 is 29.8 Å². The fraction of sp³-hybridized carbons (Fsp3) is 0.333. The number of likely N-dealkylation sites (tertiary alicyclic amines) is 1. The largest absolute Gasteiger partial charge is 0.477 e. The van der Waals surface area contributed by atoms with Crippen molar-refractivity contribution in [2.75, 3.05) is 43.9 Å². The van der Waals surface area contributed by atoms with Crippen molar-refractivity contribution in [2.45, 2.75) is 18.9 Å². The first kappa shape index (κ1) is 26.3. The number of aromatic nitrogens is 4. The van der Waals surface area contributed by atoms with Crippen LogP contribution in [0.25, 0.3) is 44.1 Å². The number of hydrogen-bond donors (Lipinski definition) is 3. The molecule has 7 rings (SSSR count). The van der Waals surface area contributed by atoms with Gasteiger partial charge in [0, 0.05) is 69.0 Å². The van der Waals surface area contributed by atoms with Gasteiger partial charge in [0.25, 0.3) is 0 Å². The molecule has 0 bridgehead atoms. The van der Waals surface area contributed by atoms with Crippen LogP contribution in [0.4, 0.5) is 20.2 Å². The Morgan fingerprint density at radius 3 is 2.69 bits per heavy atom. The zero-order valence-electron chi connectivity index (χ0n) is 23.3. The van der Waals surface area contributed by atoms with E-state index in [1.807, 2.05) is 0 Å². The van der Waals surface area contributed by atoms with Crippen LogP contribution in [0.15, 0.2) is 35.5 Å². The third-order valence-corrected chi connectivity index (χ3v) is 8.96. The van der Waals surface area contributed by atoms with Gasteiger partial charge in [-0.2, -0.15) is 0 Å². The smallest absolute Gasteiger partial charge is 0.341 e. The van der Waals surface area contributed by atoms with Gasteiger partial charge in [-0.1, -0.05) is 0 Å². The van der Waals surface area contributed by atoms with Crippen LogP contribution in [0.3, 0.4) is 0 Å². The second-order valence-electron chi connectivity index (χ2n) is 11.3. The van der Waals surface area contributed by atoms with Crippen molar-refractivity contribution in [1.82, 2.24) is 24.4 Å². The molecule has 5 aromatic rings. The molecule has 2 aliphatic rings. The summed E-state index contributed by atoms with van der Waals surface area (Å²) in [6, 6.07) is 3.04. The molecule has 2 saturated heterocycles. The molecule has 6 heterocycles. The summed E-state index contributed by atoms with van der Waals surface area (Å²) < 4.78 is 32.1. The Hall–Kier alpha value is -4.58. The molecule has 0 spiro atoms. The Morgan fingerprint density at radius 2 is 1.95 bits per heavy atom. The van der Waals surface area contributed by atoms with Crippen LogP contribution in [-0.4, -0.2) is 75.3 Å². The molecule has 12 heteroatoms. The van der Waals surface area contributed by atoms with Gasteiger partial charge in [0.2, 0.25) is 5.43 Å². The molecule has 3 N–H and O–H groups in total. The number of benzene rings is 1. The summed E-state index contributed by atoms with van der Waals surface area (Å²) in [6.07, 6.45) is 6.67. The number of aryl methyl sites for hydroxylation is 1. The Labute approximate surface area is 238 Å². The van der Waals surface area contributed by atoms with Crippen molar-refractivity contribution in [2.24, 2.45) is 13.0 Å². The summed E-state index contributed by atoms with van der Waals surface area (Å²) in [5.41, 5.74) is 2.33. The van der Waals surface area contributed by atoms with Gasteiger partial charge in [-0.05, 0) is 38.4 Å². The number of anilines is 2. The first-order chi connectivity index (χ1) is 20.2. The number of aromatic amines is 1. The number of pyridine rings is 3. The van der Waals surface area contributed by atoms with Crippen LogP contribution in [-0.2, 0) is 7.05 Å². The second kappa shape index (κ2) is 9.48. The van der Waals surface area contributed by atoms with Crippen molar-refractivity contribution in [3.63, 3.8) is 0 Å². The van der Waals surface area contributed by atoms with Crippen LogP contribution in [0, 0.1) is 17.6 Å². The molecule has 0 aliphatic carbocycles. The summed E-state index contributed by atoms with van der Waals surface area (Å²) >= 11 is 0. The maximum absolute atomic E-state index is 15.7. The van der Waals surface area contributed by atoms with Gasteiger partial charge >= 0.3 is 5.97 Å². The standard InChI is InChI=1S/C30H29F2N7O3/c1-33-20-8-19(31)24(32)22-23-26(39-11-14-5-4-6-37(2)21(14)13-39)17(10-34-28(23)36-25(20)22)15-7-16-27(40)18(30(41)42)12-38(3)29(16)35-9-15/h7-10,12,14,21,33H,4-6,11,13H2,1-3H3,(H,34,36)(H,41,42). The highest BCUT2D eigenvalue weighted by Crippen LogP contribution is 2.45. The van der Waals surface area contributed by atoms with E-state index in [1.54, 1.807) is 32.6 Å². The lowest BCUT2D eigenvalue weighted by molar-refractivity contribution is 0.0695. The van der Waals surface area contributed by atoms with E-state index < -0.39 is 23.0 Å². The van der Waals surface area contributed by atoms with E-state index in [-0.39, 0.29) is 16.3 Å². The lowest BCUT2D eigenvalue weighted by Crippen LogP contribution is -2.42. The summed E-state index contributed by atoms with van der Waals surface area (Å²) in [7, 11) is 5.39. The topological polar surface area (TPSA) is 119 Å². The Balaban J connectivity index is 1.54. The van der Waals surface area contributed by atoms with Crippen LogP contribution in [0.2, 0.25) is 0 Å². The molecule has 4 aromatic heterocycles. The molecule has 2 unspecified atom stereocenters. The van der Waals surface area contributed by atoms with Crippen LogP contribution in [0.1, 0.15) is 23.2 Å². The number of halogens is 2. The minimum atomic E-state index is -1.33. The van der Waals surface area contributed by atoms with Crippen LogP contribution < -0.4 is 15.6 Å². The predicted octanol–water partition coefficient (Wildman–Crippen LogP) is 4.18. The number of H-pyrrole nitrogens is 1. The number of aromatic carboxylic acids is 1. The molecule has 0 amide bonds. The molecule has 216 valence electrons. The summed E-state index contributed by atoms with van der Waals surface area (Å²) in [4.78, 5) is 41.9. The zero-order chi connectivity index (χ0) is 29.4. The third-order valence-electron chi connectivity index (χ3n) is 8.96. The van der Waals surface area contributed by atoms with Gasteiger partial charge in [-0.15, -0.1) is 0 Å². The van der Waals surface area contributed by atoms with E-state index in [0.29, 0.717) is 63.2 Å². The number of carbonyl (C=O) groups is 1. The number of likely N-dealkylation sites (N-methyl/N-ethyl adjacent to an activating group) is 1. The molecule has 0 radical (unpaired) electrons. The Kier molecular flexibility index (Phi) is 5.94. The van der Waals surface area contributed by atoms with Crippen molar-refractivity contribution in [3.05, 3.63) is 58.1 Å². The van der Waals surface area contributed by atoms with Gasteiger partial charge in [0.15, 0.2) is 11.6 Å². The van der Waals surface area contributed by atoms with Crippen molar-refractivity contribution >= 4 is 50.3 Å². The number of carboxylic acids is 1. The highest BCUT2D eigenvalue weighted by molar-refractivity contribution is 6.18. The molecule has 1 aromatic carbocycles. The van der Waals surface area contributed by atoms with Crippen molar-refractivity contribution in [3.8, 4) is 11.1 Å². The van der Waals surface area contributed by atoms with Gasteiger partial charge in [0.1, 0.15) is 16.9 Å². The molecule has 2 aliphatic heterocycles. The van der Waals surface area contributed by atoms with Gasteiger partial charge in [-0.3, -0.25) is 4.79 Å². The minimum absolute atomic E-state index is 0.0970. The van der Waals surface area contributed by atoms with Gasteiger partial charge in [-0.25, -0.2) is 23.5 Å². The number of fused-ring (bicyclic) bond motifs is 5. The highest BCUT2D eigenvalue weighted by atomic mass is 19.2. The average Bonchev–Trinajstić information content (AvgIpc) is 3.59. The molecule has 2 fully saturated rings. The highest BCUT2D eigenvalue weighted by Gasteiger charge is 2.39. The second-order valence-corrected chi connectivity index (χ2v) is 11.3. The van der Waals surface area contributed by atoms with E-state index in [0.717, 1.165) is 32.0 Å². The number of rotatable bonds is 4. The van der Waals surface area contributed by atoms with Crippen LogP contribution in [0.5, 0.6) is 0 Å². The zero-order valence-corrected chi connectivity index (χ0v) is 23.3. The average molecular weight is 574 g/mol. The van der Waals surface area contributed by atoms with E-state index in [2.05, 4.69) is 37.1 Å². The molecular formula is C30H29F2N7O3. The molecular weight excluding hydrogens is 544 g/mol. The van der Waals surface area contributed by atoms with Crippen molar-refractivity contribution in [1.29, 1.82) is 0 Å². The van der Waals surface area contributed by atoms with Gasteiger partial charge in [0.05, 0.1) is 33.1 Å². The first-order valence-corrected chi connectivity index (χ1v) is 13.9. The SMILES string of the molecule is CNc1cc(F)c(F)c2c1[nH]c1ncc(-c3cnc4c(c3)c(=O)c(C(=O)O)cn4C)c(N3CC4CCCN(C)C4C3)c12. The number of hydrogen-bond acceptors (Lipinski definition) is 7. The fourth-order valence-electron chi connectivity index (χ4n) is 6.93. The van der Waals surface area contributed by atoms with Crippen LogP contribution >= 0.6 is 0 Å². The maximum Gasteiger partial charge on any atom is 0.341 e. The number of nitrogens with zero attached hydrogens (tertiary/aromatic N) is 5. The summed E-state index contributed by atoms with van der Waals surface area (Å²) in [6.45, 7) is 2.40. The molecule has 10 nitrogen and oxygen atoms in total. The summed E-state index contributed by atoms with van der Waals surface area (Å²) in [5.74, 6) is -2.87. The molecule has 2 atom stereocenters. The number of carboxylic acid groups (broad SMARTS) is 1. The fourth-order valence-corrected chi connectivity index (χ4v) is 6.93. The van der Waals surface area contributed by atoms with E-state index in [1.165, 1.54) is 10.8 Å². The monoisotopic (exact) mass is 573 g/mol. The first-order valence-electron chi connectivity index (χ1n) is 13.9. The Bertz CT molecular complexity index is 2000. The third kappa shape index (κ3) is 3.78. The van der Waals surface area contributed by atoms with E-state index >= 15 is 4.39 Å². The normalized spacial score (nSPS) is 19.2.